The molecule has 1 aromatic rings. The fraction of sp³-hybridized carbons (Fsp3) is 0.500. The van der Waals surface area contributed by atoms with E-state index in [4.69, 9.17) is 22.1 Å². The maximum absolute atomic E-state index is 12.4. The number of hydrogen-bond donors (Lipinski definition) is 1. The number of nitrogens with zero attached hydrogens (tertiary/aromatic N) is 1. The predicted octanol–water partition coefficient (Wildman–Crippen LogP) is 2.14. The molecule has 2 N–H and O–H groups in total. The molecule has 0 radical (unpaired) electrons. The number of primary amides is 1. The number of halogens is 1. The topological polar surface area (TPSA) is 72.6 Å². The maximum Gasteiger partial charge on any atom is 0.260 e. The van der Waals surface area contributed by atoms with Crippen LogP contribution in [0.4, 0.5) is 0 Å². The molecule has 2 amide bonds. The summed E-state index contributed by atoms with van der Waals surface area (Å²) < 4.78 is 5.58. The average molecular weight is 325 g/mol. The average Bonchev–Trinajstić information content (AvgIpc) is 2.46. The highest BCUT2D eigenvalue weighted by Crippen LogP contribution is 2.24. The first-order valence-electron chi connectivity index (χ1n) is 7.36. The normalized spacial score (nSPS) is 21.5. The standard InChI is InChI=1S/C16H21ClN2O3/c1-10-7-13(17)5-6-14(10)22-9-15(20)19-8-12(16(18)21)4-3-11(19)2/h5-7,11-12H,3-4,8-9H2,1-2H3,(H2,18,21). The van der Waals surface area contributed by atoms with Crippen molar-refractivity contribution >= 4 is 23.4 Å². The van der Waals surface area contributed by atoms with Gasteiger partial charge in [-0.25, -0.2) is 0 Å². The summed E-state index contributed by atoms with van der Waals surface area (Å²) >= 11 is 5.89. The molecule has 1 saturated heterocycles. The van der Waals surface area contributed by atoms with Crippen LogP contribution >= 0.6 is 11.6 Å². The maximum atomic E-state index is 12.4. The molecule has 1 heterocycles. The van der Waals surface area contributed by atoms with E-state index in [1.165, 1.54) is 0 Å². The molecular weight excluding hydrogens is 304 g/mol. The van der Waals surface area contributed by atoms with Gasteiger partial charge in [0.05, 0.1) is 5.92 Å². The number of hydrogen-bond acceptors (Lipinski definition) is 3. The molecule has 1 aliphatic heterocycles. The third kappa shape index (κ3) is 3.91. The number of rotatable bonds is 4. The van der Waals surface area contributed by atoms with Gasteiger partial charge in [-0.2, -0.15) is 0 Å². The Bertz CT molecular complexity index is 577. The zero-order chi connectivity index (χ0) is 16.3. The lowest BCUT2D eigenvalue weighted by molar-refractivity contribution is -0.139. The minimum Gasteiger partial charge on any atom is -0.483 e. The second-order valence-corrected chi connectivity index (χ2v) is 6.21. The molecule has 0 aromatic heterocycles. The van der Waals surface area contributed by atoms with Crippen LogP contribution in [0.1, 0.15) is 25.3 Å². The number of nitrogens with two attached hydrogens (primary N) is 1. The monoisotopic (exact) mass is 324 g/mol. The predicted molar refractivity (Wildman–Crippen MR) is 84.8 cm³/mol. The van der Waals surface area contributed by atoms with Gasteiger partial charge in [0.1, 0.15) is 5.75 Å². The van der Waals surface area contributed by atoms with Gasteiger partial charge in [0.2, 0.25) is 5.91 Å². The fourth-order valence-corrected chi connectivity index (χ4v) is 2.91. The second-order valence-electron chi connectivity index (χ2n) is 5.77. The number of amides is 2. The third-order valence-corrected chi connectivity index (χ3v) is 4.33. The van der Waals surface area contributed by atoms with Crippen LogP contribution in [-0.2, 0) is 9.59 Å². The molecule has 120 valence electrons. The summed E-state index contributed by atoms with van der Waals surface area (Å²) in [4.78, 5) is 25.4. The van der Waals surface area contributed by atoms with Gasteiger partial charge in [-0.15, -0.1) is 0 Å². The molecule has 1 aliphatic rings. The van der Waals surface area contributed by atoms with E-state index >= 15 is 0 Å². The summed E-state index contributed by atoms with van der Waals surface area (Å²) in [6, 6.07) is 5.35. The van der Waals surface area contributed by atoms with Crippen molar-refractivity contribution in [2.45, 2.75) is 32.7 Å². The summed E-state index contributed by atoms with van der Waals surface area (Å²) in [7, 11) is 0. The lowest BCUT2D eigenvalue weighted by Gasteiger charge is -2.36. The van der Waals surface area contributed by atoms with Gasteiger partial charge >= 0.3 is 0 Å². The summed E-state index contributed by atoms with van der Waals surface area (Å²) in [6.07, 6.45) is 1.51. The molecule has 1 fully saturated rings. The first-order valence-corrected chi connectivity index (χ1v) is 7.74. The number of ether oxygens (including phenoxy) is 1. The van der Waals surface area contributed by atoms with Crippen molar-refractivity contribution in [1.29, 1.82) is 0 Å². The lowest BCUT2D eigenvalue weighted by Crippen LogP contribution is -2.50. The number of aryl methyl sites for hydroxylation is 1. The van der Waals surface area contributed by atoms with Gasteiger partial charge in [-0.05, 0) is 50.5 Å². The van der Waals surface area contributed by atoms with Crippen molar-refractivity contribution in [2.24, 2.45) is 11.7 Å². The van der Waals surface area contributed by atoms with Crippen molar-refractivity contribution in [3.8, 4) is 5.75 Å². The van der Waals surface area contributed by atoms with Gasteiger partial charge in [-0.1, -0.05) is 11.6 Å². The molecule has 0 aliphatic carbocycles. The summed E-state index contributed by atoms with van der Waals surface area (Å²) in [5, 5.41) is 0.630. The molecule has 22 heavy (non-hydrogen) atoms. The Morgan fingerprint density at radius 2 is 2.14 bits per heavy atom. The quantitative estimate of drug-likeness (QED) is 0.922. The van der Waals surface area contributed by atoms with Gasteiger partial charge in [0, 0.05) is 17.6 Å². The molecule has 6 heteroatoms. The highest BCUT2D eigenvalue weighted by Gasteiger charge is 2.31. The summed E-state index contributed by atoms with van der Waals surface area (Å²) in [5.41, 5.74) is 6.23. The van der Waals surface area contributed by atoms with E-state index in [9.17, 15) is 9.59 Å². The first-order chi connectivity index (χ1) is 10.4. The van der Waals surface area contributed by atoms with Crippen LogP contribution in [0.2, 0.25) is 5.02 Å². The zero-order valence-electron chi connectivity index (χ0n) is 12.8. The van der Waals surface area contributed by atoms with Crippen molar-refractivity contribution in [2.75, 3.05) is 13.2 Å². The van der Waals surface area contributed by atoms with E-state index in [2.05, 4.69) is 0 Å². The zero-order valence-corrected chi connectivity index (χ0v) is 13.6. The van der Waals surface area contributed by atoms with Gasteiger partial charge in [0.15, 0.2) is 6.61 Å². The SMILES string of the molecule is Cc1cc(Cl)ccc1OCC(=O)N1CC(C(N)=O)CCC1C. The first kappa shape index (κ1) is 16.6. The highest BCUT2D eigenvalue weighted by atomic mass is 35.5. The molecule has 0 saturated carbocycles. The number of carbonyl (C=O) groups is 2. The molecule has 2 atom stereocenters. The molecule has 2 unspecified atom stereocenters. The van der Waals surface area contributed by atoms with Crippen LogP contribution in [0.5, 0.6) is 5.75 Å². The van der Waals surface area contributed by atoms with E-state index in [1.54, 1.807) is 23.1 Å². The number of carbonyl (C=O) groups excluding carboxylic acids is 2. The van der Waals surface area contributed by atoms with Crippen molar-refractivity contribution < 1.29 is 14.3 Å². The van der Waals surface area contributed by atoms with Crippen LogP contribution in [0.25, 0.3) is 0 Å². The number of piperidine rings is 1. The van der Waals surface area contributed by atoms with E-state index in [-0.39, 0.29) is 30.4 Å². The molecule has 0 spiro atoms. The van der Waals surface area contributed by atoms with Crippen molar-refractivity contribution in [1.82, 2.24) is 4.90 Å². The second kappa shape index (κ2) is 7.01. The fourth-order valence-electron chi connectivity index (χ4n) is 2.68. The number of benzene rings is 1. The molecule has 0 bridgehead atoms. The van der Waals surface area contributed by atoms with Gasteiger partial charge in [0.25, 0.3) is 5.91 Å². The van der Waals surface area contributed by atoms with Gasteiger partial charge < -0.3 is 15.4 Å². The van der Waals surface area contributed by atoms with E-state index in [0.29, 0.717) is 17.3 Å². The van der Waals surface area contributed by atoms with Crippen LogP contribution in [0.15, 0.2) is 18.2 Å². The number of likely N-dealkylation sites (tertiary alicyclic amines) is 1. The minimum atomic E-state index is -0.348. The molecule has 2 rings (SSSR count). The van der Waals surface area contributed by atoms with E-state index < -0.39 is 0 Å². The van der Waals surface area contributed by atoms with Crippen molar-refractivity contribution in [3.05, 3.63) is 28.8 Å². The Morgan fingerprint density at radius 3 is 2.77 bits per heavy atom. The smallest absolute Gasteiger partial charge is 0.260 e. The third-order valence-electron chi connectivity index (χ3n) is 4.09. The largest absolute Gasteiger partial charge is 0.483 e. The molecular formula is C16H21ClN2O3. The summed E-state index contributed by atoms with van der Waals surface area (Å²) in [6.45, 7) is 4.16. The lowest BCUT2D eigenvalue weighted by atomic mass is 9.93. The highest BCUT2D eigenvalue weighted by molar-refractivity contribution is 6.30. The Labute approximate surface area is 135 Å². The Kier molecular flexibility index (Phi) is 5.29. The van der Waals surface area contributed by atoms with Crippen LogP contribution in [0.3, 0.4) is 0 Å². The van der Waals surface area contributed by atoms with Crippen molar-refractivity contribution in [3.63, 3.8) is 0 Å². The van der Waals surface area contributed by atoms with Crippen LogP contribution in [-0.4, -0.2) is 35.9 Å². The van der Waals surface area contributed by atoms with Crippen LogP contribution in [0, 0.1) is 12.8 Å². The minimum absolute atomic E-state index is 0.0572. The Balaban J connectivity index is 1.97. The molecule has 5 nitrogen and oxygen atoms in total. The van der Waals surface area contributed by atoms with E-state index in [1.807, 2.05) is 13.8 Å². The molecule has 1 aromatic carbocycles. The van der Waals surface area contributed by atoms with Gasteiger partial charge in [-0.3, -0.25) is 9.59 Å². The Hall–Kier alpha value is -1.75. The Morgan fingerprint density at radius 1 is 1.41 bits per heavy atom. The van der Waals surface area contributed by atoms with E-state index in [0.717, 1.165) is 18.4 Å². The summed E-state index contributed by atoms with van der Waals surface area (Å²) in [5.74, 6) is -0.113. The van der Waals surface area contributed by atoms with Crippen LogP contribution < -0.4 is 10.5 Å².